The Morgan fingerprint density at radius 1 is 1.00 bits per heavy atom. The number of nitrogens with zero attached hydrogens (tertiary/aromatic N) is 2. The molecule has 0 radical (unpaired) electrons. The number of likely N-dealkylation sites (tertiary alicyclic amines) is 2. The zero-order chi connectivity index (χ0) is 17.9. The summed E-state index contributed by atoms with van der Waals surface area (Å²) in [7, 11) is 0. The number of hydrogen-bond donors (Lipinski definition) is 0. The predicted molar refractivity (Wildman–Crippen MR) is 107 cm³/mol. The Kier molecular flexibility index (Phi) is 5.26. The van der Waals surface area contributed by atoms with Crippen LogP contribution in [0.4, 0.5) is 0 Å². The van der Waals surface area contributed by atoms with Gasteiger partial charge in [0, 0.05) is 25.6 Å². The maximum absolute atomic E-state index is 12.8. The normalized spacial score (nSPS) is 22.7. The van der Waals surface area contributed by atoms with E-state index in [1.165, 1.54) is 29.2 Å². The lowest BCUT2D eigenvalue weighted by atomic mass is 9.92. The molecule has 2 aromatic carbocycles. The topological polar surface area (TPSA) is 23.6 Å². The third-order valence-corrected chi connectivity index (χ3v) is 6.18. The van der Waals surface area contributed by atoms with E-state index in [4.69, 9.17) is 0 Å². The van der Waals surface area contributed by atoms with Crippen molar-refractivity contribution in [3.8, 4) is 0 Å². The number of hydrogen-bond acceptors (Lipinski definition) is 2. The van der Waals surface area contributed by atoms with E-state index >= 15 is 0 Å². The molecule has 138 valence electrons. The van der Waals surface area contributed by atoms with Gasteiger partial charge in [-0.05, 0) is 61.0 Å². The lowest BCUT2D eigenvalue weighted by Crippen LogP contribution is -2.45. The first-order valence-electron chi connectivity index (χ1n) is 10.2. The molecule has 26 heavy (non-hydrogen) atoms. The van der Waals surface area contributed by atoms with Crippen LogP contribution in [0.2, 0.25) is 0 Å². The molecule has 0 saturated carbocycles. The van der Waals surface area contributed by atoms with Gasteiger partial charge in [0.15, 0.2) is 0 Å². The maximum atomic E-state index is 12.8. The maximum Gasteiger partial charge on any atom is 0.225 e. The Hall–Kier alpha value is -1.87. The van der Waals surface area contributed by atoms with Crippen LogP contribution in [0.1, 0.15) is 38.2 Å². The number of carbonyl (C=O) groups excluding carboxylic acids is 1. The van der Waals surface area contributed by atoms with Crippen molar-refractivity contribution in [2.75, 3.05) is 26.2 Å². The van der Waals surface area contributed by atoms with Gasteiger partial charge in [-0.15, -0.1) is 0 Å². The van der Waals surface area contributed by atoms with E-state index in [0.717, 1.165) is 45.6 Å². The van der Waals surface area contributed by atoms with Crippen LogP contribution < -0.4 is 0 Å². The van der Waals surface area contributed by atoms with E-state index in [0.29, 0.717) is 11.8 Å². The molecule has 0 spiro atoms. The molecular weight excluding hydrogens is 320 g/mol. The molecule has 2 fully saturated rings. The molecule has 0 aliphatic carbocycles. The van der Waals surface area contributed by atoms with Gasteiger partial charge in [0.25, 0.3) is 0 Å². The molecule has 1 atom stereocenters. The smallest absolute Gasteiger partial charge is 0.225 e. The Bertz CT molecular complexity index is 758. The lowest BCUT2D eigenvalue weighted by Gasteiger charge is -2.37. The van der Waals surface area contributed by atoms with Gasteiger partial charge in [-0.1, -0.05) is 49.4 Å². The highest BCUT2D eigenvalue weighted by Crippen LogP contribution is 2.26. The van der Waals surface area contributed by atoms with Crippen LogP contribution >= 0.6 is 0 Å². The lowest BCUT2D eigenvalue weighted by molar-refractivity contribution is -0.138. The van der Waals surface area contributed by atoms with Crippen LogP contribution in [0.15, 0.2) is 42.5 Å². The van der Waals surface area contributed by atoms with Crippen LogP contribution in [-0.2, 0) is 11.3 Å². The van der Waals surface area contributed by atoms with E-state index in [9.17, 15) is 4.79 Å². The first-order valence-corrected chi connectivity index (χ1v) is 10.2. The zero-order valence-electron chi connectivity index (χ0n) is 15.9. The van der Waals surface area contributed by atoms with Gasteiger partial charge in [-0.3, -0.25) is 9.69 Å². The highest BCUT2D eigenvalue weighted by molar-refractivity contribution is 5.85. The molecule has 0 N–H and O–H groups in total. The minimum Gasteiger partial charge on any atom is -0.342 e. The summed E-state index contributed by atoms with van der Waals surface area (Å²) in [6.45, 7) is 7.26. The predicted octanol–water partition coefficient (Wildman–Crippen LogP) is 4.31. The van der Waals surface area contributed by atoms with Crippen molar-refractivity contribution < 1.29 is 4.79 Å². The van der Waals surface area contributed by atoms with Gasteiger partial charge in [0.2, 0.25) is 5.91 Å². The number of carbonyl (C=O) groups is 1. The fourth-order valence-electron chi connectivity index (χ4n) is 4.66. The van der Waals surface area contributed by atoms with E-state index in [2.05, 4.69) is 59.2 Å². The zero-order valence-corrected chi connectivity index (χ0v) is 15.9. The highest BCUT2D eigenvalue weighted by atomic mass is 16.2. The van der Waals surface area contributed by atoms with Crippen molar-refractivity contribution in [3.63, 3.8) is 0 Å². The van der Waals surface area contributed by atoms with Crippen molar-refractivity contribution in [2.24, 2.45) is 11.8 Å². The summed E-state index contributed by atoms with van der Waals surface area (Å²) in [5.74, 6) is 1.32. The Morgan fingerprint density at radius 2 is 1.77 bits per heavy atom. The highest BCUT2D eigenvalue weighted by Gasteiger charge is 2.30. The standard InChI is InChI=1S/C23H30N2O/c1-18-6-5-13-25(16-18)23(26)20-11-14-24(15-12-20)17-21-9-4-8-19-7-2-3-10-22(19)21/h2-4,7-10,18,20H,5-6,11-17H2,1H3/t18-/m1/s1. The first-order chi connectivity index (χ1) is 12.7. The number of benzene rings is 2. The van der Waals surface area contributed by atoms with Gasteiger partial charge in [0.1, 0.15) is 0 Å². The summed E-state index contributed by atoms with van der Waals surface area (Å²) in [5, 5.41) is 2.67. The third kappa shape index (κ3) is 3.78. The minimum atomic E-state index is 0.240. The summed E-state index contributed by atoms with van der Waals surface area (Å²) >= 11 is 0. The summed E-state index contributed by atoms with van der Waals surface area (Å²) in [6, 6.07) is 15.2. The van der Waals surface area contributed by atoms with Gasteiger partial charge in [-0.2, -0.15) is 0 Å². The second-order valence-corrected chi connectivity index (χ2v) is 8.22. The number of fused-ring (bicyclic) bond motifs is 1. The van der Waals surface area contributed by atoms with E-state index in [1.807, 2.05) is 0 Å². The van der Waals surface area contributed by atoms with Gasteiger partial charge < -0.3 is 4.90 Å². The molecule has 1 amide bonds. The Balaban J connectivity index is 1.35. The molecule has 4 rings (SSSR count). The molecule has 2 saturated heterocycles. The summed E-state index contributed by atoms with van der Waals surface area (Å²) in [5.41, 5.74) is 1.40. The third-order valence-electron chi connectivity index (χ3n) is 6.18. The number of piperidine rings is 2. The second kappa shape index (κ2) is 7.79. The van der Waals surface area contributed by atoms with Crippen molar-refractivity contribution in [1.82, 2.24) is 9.80 Å². The van der Waals surface area contributed by atoms with Gasteiger partial charge in [0.05, 0.1) is 0 Å². The van der Waals surface area contributed by atoms with Crippen molar-refractivity contribution in [1.29, 1.82) is 0 Å². The molecule has 2 aliphatic rings. The SMILES string of the molecule is C[C@@H]1CCCN(C(=O)C2CCN(Cc3cccc4ccccc34)CC2)C1. The molecule has 0 unspecified atom stereocenters. The van der Waals surface area contributed by atoms with E-state index < -0.39 is 0 Å². The minimum absolute atomic E-state index is 0.240. The molecule has 3 heteroatoms. The second-order valence-electron chi connectivity index (χ2n) is 8.22. The average Bonchev–Trinajstić information content (AvgIpc) is 2.68. The van der Waals surface area contributed by atoms with Gasteiger partial charge >= 0.3 is 0 Å². The van der Waals surface area contributed by atoms with Crippen LogP contribution in [0.25, 0.3) is 10.8 Å². The average molecular weight is 351 g/mol. The van der Waals surface area contributed by atoms with Crippen LogP contribution in [0.3, 0.4) is 0 Å². The summed E-state index contributed by atoms with van der Waals surface area (Å²) < 4.78 is 0. The largest absolute Gasteiger partial charge is 0.342 e. The Morgan fingerprint density at radius 3 is 2.58 bits per heavy atom. The van der Waals surface area contributed by atoms with Crippen molar-refractivity contribution in [3.05, 3.63) is 48.0 Å². The molecule has 2 heterocycles. The van der Waals surface area contributed by atoms with E-state index in [-0.39, 0.29) is 5.92 Å². The monoisotopic (exact) mass is 350 g/mol. The van der Waals surface area contributed by atoms with E-state index in [1.54, 1.807) is 0 Å². The van der Waals surface area contributed by atoms with Crippen LogP contribution in [0.5, 0.6) is 0 Å². The fourth-order valence-corrected chi connectivity index (χ4v) is 4.66. The molecule has 0 aromatic heterocycles. The number of rotatable bonds is 3. The van der Waals surface area contributed by atoms with Crippen LogP contribution in [0, 0.1) is 11.8 Å². The van der Waals surface area contributed by atoms with Crippen molar-refractivity contribution in [2.45, 2.75) is 39.2 Å². The first kappa shape index (κ1) is 17.5. The summed E-state index contributed by atoms with van der Waals surface area (Å²) in [6.07, 6.45) is 4.46. The number of amides is 1. The molecule has 0 bridgehead atoms. The fraction of sp³-hybridized carbons (Fsp3) is 0.522. The molecule has 2 aliphatic heterocycles. The van der Waals surface area contributed by atoms with Crippen molar-refractivity contribution >= 4 is 16.7 Å². The molecule has 2 aromatic rings. The van der Waals surface area contributed by atoms with Crippen LogP contribution in [-0.4, -0.2) is 41.9 Å². The van der Waals surface area contributed by atoms with Gasteiger partial charge in [-0.25, -0.2) is 0 Å². The Labute approximate surface area is 157 Å². The summed E-state index contributed by atoms with van der Waals surface area (Å²) in [4.78, 5) is 17.5. The quantitative estimate of drug-likeness (QED) is 0.823. The molecule has 3 nitrogen and oxygen atoms in total. The molecular formula is C23H30N2O.